The topological polar surface area (TPSA) is 53.1 Å². The molecule has 0 spiro atoms. The van der Waals surface area contributed by atoms with Gasteiger partial charge in [0.25, 0.3) is 0 Å². The number of thioether (sulfide) groups is 1. The van der Waals surface area contributed by atoms with E-state index in [4.69, 9.17) is 16.6 Å². The molecule has 3 aromatic rings. The van der Waals surface area contributed by atoms with Gasteiger partial charge < -0.3 is 10.3 Å². The Morgan fingerprint density at radius 1 is 1.07 bits per heavy atom. The van der Waals surface area contributed by atoms with Crippen molar-refractivity contribution in [1.29, 1.82) is 0 Å². The number of dihydropyridines is 1. The summed E-state index contributed by atoms with van der Waals surface area (Å²) in [5.74, 6) is 0.0239. The maximum atomic E-state index is 14.2. The molecule has 2 aliphatic heterocycles. The van der Waals surface area contributed by atoms with Crippen LogP contribution in [0.15, 0.2) is 77.6 Å². The van der Waals surface area contributed by atoms with Crippen molar-refractivity contribution in [3.8, 4) is 11.4 Å². The lowest BCUT2D eigenvalue weighted by atomic mass is 10.1. The van der Waals surface area contributed by atoms with E-state index >= 15 is 0 Å². The minimum atomic E-state index is -0.398. The fourth-order valence-electron chi connectivity index (χ4n) is 3.52. The SMILES string of the molecule is Fc1cccc(Cl)c1-c1nc(C2=CC=C(C3=NCC(c4ccccc4)S3)NC2)c[nH]1. The van der Waals surface area contributed by atoms with Gasteiger partial charge in [0.1, 0.15) is 16.7 Å². The average molecular weight is 437 g/mol. The van der Waals surface area contributed by atoms with Crippen molar-refractivity contribution in [2.45, 2.75) is 5.25 Å². The highest BCUT2D eigenvalue weighted by atomic mass is 35.5. The highest BCUT2D eigenvalue weighted by Crippen LogP contribution is 2.37. The van der Waals surface area contributed by atoms with E-state index < -0.39 is 5.82 Å². The lowest BCUT2D eigenvalue weighted by Gasteiger charge is -2.16. The molecule has 0 aliphatic carbocycles. The zero-order chi connectivity index (χ0) is 20.5. The van der Waals surface area contributed by atoms with E-state index in [2.05, 4.69) is 39.6 Å². The number of hydrogen-bond acceptors (Lipinski definition) is 4. The Bertz CT molecular complexity index is 1160. The number of benzene rings is 2. The number of aromatic nitrogens is 2. The molecule has 5 rings (SSSR count). The van der Waals surface area contributed by atoms with Crippen LogP contribution in [0.3, 0.4) is 0 Å². The smallest absolute Gasteiger partial charge is 0.142 e. The second-order valence-corrected chi connectivity index (χ2v) is 8.62. The Kier molecular flexibility index (Phi) is 5.19. The molecule has 2 aromatic carbocycles. The number of nitrogens with zero attached hydrogens (tertiary/aromatic N) is 2. The first-order valence-electron chi connectivity index (χ1n) is 9.60. The van der Waals surface area contributed by atoms with Crippen molar-refractivity contribution in [3.63, 3.8) is 0 Å². The monoisotopic (exact) mass is 436 g/mol. The zero-order valence-electron chi connectivity index (χ0n) is 15.9. The number of aromatic amines is 1. The normalized spacial score (nSPS) is 18.5. The Balaban J connectivity index is 1.33. The first-order valence-corrected chi connectivity index (χ1v) is 10.9. The van der Waals surface area contributed by atoms with Gasteiger partial charge in [-0.2, -0.15) is 0 Å². The zero-order valence-corrected chi connectivity index (χ0v) is 17.5. The lowest BCUT2D eigenvalue weighted by Crippen LogP contribution is -2.23. The van der Waals surface area contributed by atoms with Gasteiger partial charge in [0.05, 0.1) is 33.8 Å². The third-order valence-corrected chi connectivity index (χ3v) is 6.68. The summed E-state index contributed by atoms with van der Waals surface area (Å²) in [5, 5.41) is 5.16. The van der Waals surface area contributed by atoms with Gasteiger partial charge >= 0.3 is 0 Å². The third kappa shape index (κ3) is 3.68. The van der Waals surface area contributed by atoms with E-state index in [1.54, 1.807) is 30.1 Å². The van der Waals surface area contributed by atoms with Crippen LogP contribution in [0, 0.1) is 5.82 Å². The van der Waals surface area contributed by atoms with E-state index in [-0.39, 0.29) is 5.56 Å². The molecular formula is C23H18ClFN4S. The van der Waals surface area contributed by atoms with E-state index in [0.29, 0.717) is 22.6 Å². The van der Waals surface area contributed by atoms with Crippen LogP contribution in [0.2, 0.25) is 5.02 Å². The van der Waals surface area contributed by atoms with Crippen LogP contribution in [0.5, 0.6) is 0 Å². The largest absolute Gasteiger partial charge is 0.379 e. The second kappa shape index (κ2) is 8.13. The van der Waals surface area contributed by atoms with Gasteiger partial charge in [-0.25, -0.2) is 9.37 Å². The van der Waals surface area contributed by atoms with Gasteiger partial charge in [0.15, 0.2) is 0 Å². The van der Waals surface area contributed by atoms with E-state index in [1.165, 1.54) is 11.6 Å². The first-order chi connectivity index (χ1) is 14.7. The van der Waals surface area contributed by atoms with Crippen LogP contribution in [-0.2, 0) is 0 Å². The third-order valence-electron chi connectivity index (χ3n) is 5.08. The molecule has 3 heterocycles. The summed E-state index contributed by atoms with van der Waals surface area (Å²) in [6.07, 6.45) is 5.84. The van der Waals surface area contributed by atoms with E-state index in [0.717, 1.165) is 28.6 Å². The molecule has 150 valence electrons. The predicted octanol–water partition coefficient (Wildman–Crippen LogP) is 5.63. The summed E-state index contributed by atoms with van der Waals surface area (Å²) in [6.45, 7) is 1.41. The van der Waals surface area contributed by atoms with Crippen LogP contribution in [-0.4, -0.2) is 28.1 Å². The average Bonchev–Trinajstić information content (AvgIpc) is 3.45. The van der Waals surface area contributed by atoms with Crippen LogP contribution < -0.4 is 5.32 Å². The van der Waals surface area contributed by atoms with Gasteiger partial charge in [-0.15, -0.1) is 0 Å². The fourth-order valence-corrected chi connectivity index (χ4v) is 4.90. The number of rotatable bonds is 4. The summed E-state index contributed by atoms with van der Waals surface area (Å²) >= 11 is 7.94. The predicted molar refractivity (Wildman–Crippen MR) is 122 cm³/mol. The highest BCUT2D eigenvalue weighted by molar-refractivity contribution is 8.14. The van der Waals surface area contributed by atoms with Crippen molar-refractivity contribution in [2.24, 2.45) is 4.99 Å². The Hall–Kier alpha value is -2.83. The van der Waals surface area contributed by atoms with Gasteiger partial charge in [-0.05, 0) is 29.3 Å². The van der Waals surface area contributed by atoms with Crippen LogP contribution in [0.1, 0.15) is 16.5 Å². The molecule has 1 atom stereocenters. The number of allylic oxidation sites excluding steroid dienone is 2. The summed E-state index contributed by atoms with van der Waals surface area (Å²) < 4.78 is 14.2. The number of H-pyrrole nitrogens is 1. The molecule has 0 saturated carbocycles. The molecule has 1 unspecified atom stereocenters. The Labute approximate surface area is 183 Å². The molecular weight excluding hydrogens is 419 g/mol. The highest BCUT2D eigenvalue weighted by Gasteiger charge is 2.24. The van der Waals surface area contributed by atoms with E-state index in [9.17, 15) is 4.39 Å². The van der Waals surface area contributed by atoms with Crippen molar-refractivity contribution in [1.82, 2.24) is 15.3 Å². The van der Waals surface area contributed by atoms with Crippen LogP contribution >= 0.6 is 23.4 Å². The van der Waals surface area contributed by atoms with Gasteiger partial charge in [0.2, 0.25) is 0 Å². The standard InChI is InChI=1S/C23H18ClFN4S/c24-16-7-4-8-17(25)21(16)22-27-12-19(29-22)15-9-10-18(26-11-15)23-28-13-20(30-23)14-5-2-1-3-6-14/h1-10,12,20,26H,11,13H2,(H,27,29). The molecule has 2 aliphatic rings. The van der Waals surface area contributed by atoms with Gasteiger partial charge in [-0.1, -0.05) is 65.8 Å². The van der Waals surface area contributed by atoms with Gasteiger partial charge in [0, 0.05) is 12.7 Å². The van der Waals surface area contributed by atoms with Crippen molar-refractivity contribution in [3.05, 3.63) is 94.7 Å². The molecule has 30 heavy (non-hydrogen) atoms. The molecule has 7 heteroatoms. The van der Waals surface area contributed by atoms with Crippen LogP contribution in [0.25, 0.3) is 17.0 Å². The summed E-state index contributed by atoms with van der Waals surface area (Å²) in [7, 11) is 0. The number of imidazole rings is 1. The molecule has 1 aromatic heterocycles. The second-order valence-electron chi connectivity index (χ2n) is 7.02. The molecule has 0 amide bonds. The number of hydrogen-bond donors (Lipinski definition) is 2. The van der Waals surface area contributed by atoms with Crippen molar-refractivity contribution in [2.75, 3.05) is 13.1 Å². The maximum Gasteiger partial charge on any atom is 0.142 e. The minimum absolute atomic E-state index is 0.287. The Morgan fingerprint density at radius 3 is 2.70 bits per heavy atom. The maximum absolute atomic E-state index is 14.2. The van der Waals surface area contributed by atoms with Crippen molar-refractivity contribution < 1.29 is 4.39 Å². The summed E-state index contributed by atoms with van der Waals surface area (Å²) in [4.78, 5) is 12.3. The number of aliphatic imine (C=N–C) groups is 1. The lowest BCUT2D eigenvalue weighted by molar-refractivity contribution is 0.630. The quantitative estimate of drug-likeness (QED) is 0.557. The fraction of sp³-hybridized carbons (Fsp3) is 0.130. The molecule has 2 N–H and O–H groups in total. The molecule has 0 fully saturated rings. The minimum Gasteiger partial charge on any atom is -0.379 e. The summed E-state index contributed by atoms with van der Waals surface area (Å²) in [5.41, 5.74) is 4.38. The number of halogens is 2. The first kappa shape index (κ1) is 19.2. The molecule has 0 radical (unpaired) electrons. The molecule has 0 bridgehead atoms. The Morgan fingerprint density at radius 2 is 1.93 bits per heavy atom. The molecule has 0 saturated heterocycles. The number of nitrogens with one attached hydrogen (secondary N) is 2. The van der Waals surface area contributed by atoms with Crippen LogP contribution in [0.4, 0.5) is 4.39 Å². The molecule has 4 nitrogen and oxygen atoms in total. The van der Waals surface area contributed by atoms with Crippen molar-refractivity contribution >= 4 is 34.0 Å². The summed E-state index contributed by atoms with van der Waals surface area (Å²) in [6, 6.07) is 15.1. The van der Waals surface area contributed by atoms with Gasteiger partial charge in [-0.3, -0.25) is 4.99 Å². The van der Waals surface area contributed by atoms with E-state index in [1.807, 2.05) is 18.2 Å².